The second-order valence-corrected chi connectivity index (χ2v) is 12.5. The van der Waals surface area contributed by atoms with Gasteiger partial charge < -0.3 is 19.6 Å². The predicted octanol–water partition coefficient (Wildman–Crippen LogP) is 1.25. The maximum absolute atomic E-state index is 14.1. The molecule has 4 heterocycles. The van der Waals surface area contributed by atoms with Crippen LogP contribution < -0.4 is 15.8 Å². The minimum atomic E-state index is -4.44. The topological polar surface area (TPSA) is 91.5 Å². The lowest BCUT2D eigenvalue weighted by Crippen LogP contribution is -2.60. The molecule has 13 heteroatoms. The molecule has 3 unspecified atom stereocenters. The number of carbonyl (C=O) groups is 3. The monoisotopic (exact) mass is 591 g/mol. The molecule has 1 saturated carbocycles. The molecular formula is C29H40F3N7O3. The first-order valence-electron chi connectivity index (χ1n) is 15.0. The molecule has 5 fully saturated rings. The van der Waals surface area contributed by atoms with E-state index in [1.54, 1.807) is 0 Å². The van der Waals surface area contributed by atoms with E-state index >= 15 is 0 Å². The Hall–Kier alpha value is -2.90. The Balaban J connectivity index is 1.15. The van der Waals surface area contributed by atoms with Crippen LogP contribution in [0.4, 0.5) is 18.9 Å². The quantitative estimate of drug-likeness (QED) is 0.545. The number of rotatable bonds is 4. The van der Waals surface area contributed by atoms with E-state index in [1.807, 2.05) is 40.1 Å². The Bertz CT molecular complexity index is 1180. The molecule has 42 heavy (non-hydrogen) atoms. The fourth-order valence-corrected chi connectivity index (χ4v) is 7.62. The summed E-state index contributed by atoms with van der Waals surface area (Å²) in [6, 6.07) is 8.23. The summed E-state index contributed by atoms with van der Waals surface area (Å²) >= 11 is 0. The Morgan fingerprint density at radius 1 is 1.02 bits per heavy atom. The van der Waals surface area contributed by atoms with Crippen LogP contribution >= 0.6 is 0 Å². The Morgan fingerprint density at radius 2 is 1.76 bits per heavy atom. The highest BCUT2D eigenvalue weighted by Gasteiger charge is 2.55. The SMILES string of the molecule is CN1CCN(C(=O)CN2CN(c3ccccc3)C3(CCN(C(=O)C4CCC5NNCC5C4)CC3)C2=O)C[C@H]1C(F)(F)F. The summed E-state index contributed by atoms with van der Waals surface area (Å²) in [6.07, 6.45) is -0.902. The summed E-state index contributed by atoms with van der Waals surface area (Å²) in [5, 5.41) is 0. The number of likely N-dealkylation sites (tertiary alicyclic amines) is 1. The van der Waals surface area contributed by atoms with Gasteiger partial charge in [0.2, 0.25) is 11.8 Å². The zero-order chi connectivity index (χ0) is 29.6. The standard InChI is InChI=1S/C29H40F3N7O3/c1-35-13-14-37(17-24(35)29(30,31)32)25(40)18-38-19-39(22-5-3-2-4-6-22)28(27(38)42)9-11-36(12-10-28)26(41)20-7-8-23-21(15-20)16-33-34-23/h2-6,20-21,23-24,33-34H,7-19H2,1H3/t20?,21?,23?,24-/m0/s1. The first-order chi connectivity index (χ1) is 20.1. The van der Waals surface area contributed by atoms with Gasteiger partial charge in [-0.15, -0.1) is 0 Å². The molecule has 0 aromatic heterocycles. The number of nitrogens with zero attached hydrogens (tertiary/aromatic N) is 5. The number of hydrazine groups is 1. The van der Waals surface area contributed by atoms with Gasteiger partial charge in [0.05, 0.1) is 6.67 Å². The van der Waals surface area contributed by atoms with Crippen LogP contribution in [0, 0.1) is 11.8 Å². The number of likely N-dealkylation sites (N-methyl/N-ethyl adjacent to an activating group) is 1. The van der Waals surface area contributed by atoms with Gasteiger partial charge >= 0.3 is 6.18 Å². The summed E-state index contributed by atoms with van der Waals surface area (Å²) in [7, 11) is 1.41. The van der Waals surface area contributed by atoms with Crippen LogP contribution in [0.5, 0.6) is 0 Å². The zero-order valence-corrected chi connectivity index (χ0v) is 24.0. The van der Waals surface area contributed by atoms with Gasteiger partial charge in [0.25, 0.3) is 5.91 Å². The maximum Gasteiger partial charge on any atom is 0.405 e. The Morgan fingerprint density at radius 3 is 2.48 bits per heavy atom. The van der Waals surface area contributed by atoms with Gasteiger partial charge in [-0.2, -0.15) is 13.2 Å². The van der Waals surface area contributed by atoms with Gasteiger partial charge in [0.1, 0.15) is 18.1 Å². The van der Waals surface area contributed by atoms with Crippen LogP contribution in [0.3, 0.4) is 0 Å². The van der Waals surface area contributed by atoms with Gasteiger partial charge in [-0.05, 0) is 57.2 Å². The number of anilines is 1. The number of nitrogens with one attached hydrogen (secondary N) is 2. The Kier molecular flexibility index (Phi) is 7.86. The summed E-state index contributed by atoms with van der Waals surface area (Å²) in [5.41, 5.74) is 6.45. The largest absolute Gasteiger partial charge is 0.405 e. The lowest BCUT2D eigenvalue weighted by Gasteiger charge is -2.44. The normalized spacial score (nSPS) is 30.2. The molecule has 6 rings (SSSR count). The Labute approximate surface area is 244 Å². The molecule has 4 aliphatic heterocycles. The van der Waals surface area contributed by atoms with Crippen molar-refractivity contribution in [2.75, 3.05) is 64.4 Å². The van der Waals surface area contributed by atoms with Gasteiger partial charge in [-0.1, -0.05) is 18.2 Å². The molecule has 4 saturated heterocycles. The van der Waals surface area contributed by atoms with E-state index in [0.29, 0.717) is 37.9 Å². The van der Waals surface area contributed by atoms with E-state index in [0.717, 1.165) is 31.5 Å². The molecule has 2 N–H and O–H groups in total. The van der Waals surface area contributed by atoms with Crippen molar-refractivity contribution in [3.8, 4) is 0 Å². The zero-order valence-electron chi connectivity index (χ0n) is 24.0. The fourth-order valence-electron chi connectivity index (χ4n) is 7.62. The second kappa shape index (κ2) is 11.3. The van der Waals surface area contributed by atoms with Crippen molar-refractivity contribution in [2.45, 2.75) is 55.9 Å². The minimum Gasteiger partial charge on any atom is -0.342 e. The number of piperazine rings is 1. The molecule has 1 aromatic carbocycles. The molecule has 4 atom stereocenters. The van der Waals surface area contributed by atoms with Gasteiger partial charge in [0.15, 0.2) is 0 Å². The third-order valence-corrected chi connectivity index (χ3v) is 10.2. The highest BCUT2D eigenvalue weighted by Crippen LogP contribution is 2.41. The number of hydrogen-bond acceptors (Lipinski definition) is 7. The van der Waals surface area contributed by atoms with Crippen molar-refractivity contribution in [2.24, 2.45) is 11.8 Å². The van der Waals surface area contributed by atoms with Gasteiger partial charge in [-0.25, -0.2) is 0 Å². The molecule has 10 nitrogen and oxygen atoms in total. The molecule has 0 radical (unpaired) electrons. The van der Waals surface area contributed by atoms with Crippen molar-refractivity contribution in [1.29, 1.82) is 0 Å². The molecule has 5 aliphatic rings. The molecule has 1 aliphatic carbocycles. The minimum absolute atomic E-state index is 0.00950. The fraction of sp³-hybridized carbons (Fsp3) is 0.690. The smallest absolute Gasteiger partial charge is 0.342 e. The first kappa shape index (κ1) is 29.2. The van der Waals surface area contributed by atoms with Crippen LogP contribution in [0.25, 0.3) is 0 Å². The van der Waals surface area contributed by atoms with Crippen LogP contribution in [-0.2, 0) is 14.4 Å². The molecule has 1 aromatic rings. The number of para-hydroxylation sites is 1. The van der Waals surface area contributed by atoms with Crippen LogP contribution in [0.2, 0.25) is 0 Å². The summed E-state index contributed by atoms with van der Waals surface area (Å²) < 4.78 is 40.7. The van der Waals surface area contributed by atoms with E-state index < -0.39 is 30.2 Å². The molecule has 230 valence electrons. The van der Waals surface area contributed by atoms with Crippen molar-refractivity contribution >= 4 is 23.4 Å². The van der Waals surface area contributed by atoms with E-state index in [9.17, 15) is 27.6 Å². The highest BCUT2D eigenvalue weighted by molar-refractivity contribution is 5.96. The summed E-state index contributed by atoms with van der Waals surface area (Å²) in [4.78, 5) is 48.7. The third-order valence-electron chi connectivity index (χ3n) is 10.2. The number of amides is 3. The maximum atomic E-state index is 14.1. The summed E-state index contributed by atoms with van der Waals surface area (Å²) in [6.45, 7) is 1.52. The number of piperidine rings is 1. The molecular weight excluding hydrogens is 551 g/mol. The van der Waals surface area contributed by atoms with E-state index in [1.165, 1.54) is 21.7 Å². The third kappa shape index (κ3) is 5.35. The van der Waals surface area contributed by atoms with Crippen LogP contribution in [0.1, 0.15) is 32.1 Å². The van der Waals surface area contributed by atoms with E-state index in [2.05, 4.69) is 10.9 Å². The number of benzene rings is 1. The molecule has 3 amide bonds. The lowest BCUT2D eigenvalue weighted by molar-refractivity contribution is -0.194. The van der Waals surface area contributed by atoms with E-state index in [4.69, 9.17) is 0 Å². The van der Waals surface area contributed by atoms with Crippen molar-refractivity contribution < 1.29 is 27.6 Å². The number of fused-ring (bicyclic) bond motifs is 1. The summed E-state index contributed by atoms with van der Waals surface area (Å²) in [5.74, 6) is -0.0728. The average molecular weight is 592 g/mol. The predicted molar refractivity (Wildman–Crippen MR) is 149 cm³/mol. The highest BCUT2D eigenvalue weighted by atomic mass is 19.4. The van der Waals surface area contributed by atoms with Crippen LogP contribution in [-0.4, -0.2) is 121 Å². The number of carbonyl (C=O) groups excluding carboxylic acids is 3. The van der Waals surface area contributed by atoms with Crippen molar-refractivity contribution in [3.63, 3.8) is 0 Å². The van der Waals surface area contributed by atoms with Gasteiger partial charge in [0, 0.05) is 56.9 Å². The van der Waals surface area contributed by atoms with Gasteiger partial charge in [-0.3, -0.25) is 30.1 Å². The average Bonchev–Trinajstić information content (AvgIpc) is 3.56. The lowest BCUT2D eigenvalue weighted by atomic mass is 9.77. The number of halogens is 3. The first-order valence-corrected chi connectivity index (χ1v) is 15.0. The second-order valence-electron chi connectivity index (χ2n) is 12.5. The molecule has 1 spiro atoms. The van der Waals surface area contributed by atoms with Crippen molar-refractivity contribution in [3.05, 3.63) is 30.3 Å². The van der Waals surface area contributed by atoms with E-state index in [-0.39, 0.29) is 44.0 Å². The molecule has 0 bridgehead atoms. The van der Waals surface area contributed by atoms with Crippen molar-refractivity contribution in [1.82, 2.24) is 30.5 Å². The van der Waals surface area contributed by atoms with Crippen LogP contribution in [0.15, 0.2) is 30.3 Å². The number of hydrogen-bond donors (Lipinski definition) is 2. The number of alkyl halides is 3.